The first kappa shape index (κ1) is 17.9. The van der Waals surface area contributed by atoms with E-state index in [4.69, 9.17) is 14.2 Å². The van der Waals surface area contributed by atoms with Gasteiger partial charge in [-0.25, -0.2) is 4.99 Å². The van der Waals surface area contributed by atoms with E-state index in [0.29, 0.717) is 37.8 Å². The SMILES string of the molecule is CC1(C)OC(=O)C(C(=Nc2ccccc2Br)N2CCOCC2)C(=O)O1. The zero-order valence-electron chi connectivity index (χ0n) is 14.0. The Labute approximate surface area is 154 Å². The molecule has 0 amide bonds. The Morgan fingerprint density at radius 1 is 1.16 bits per heavy atom. The van der Waals surface area contributed by atoms with Crippen molar-refractivity contribution in [1.82, 2.24) is 4.90 Å². The van der Waals surface area contributed by atoms with Crippen molar-refractivity contribution >= 4 is 39.4 Å². The molecular formula is C17H19BrN2O5. The molecule has 8 heteroatoms. The summed E-state index contributed by atoms with van der Waals surface area (Å²) in [5, 5.41) is 0. The zero-order chi connectivity index (χ0) is 18.0. The fraction of sp³-hybridized carbons (Fsp3) is 0.471. The molecule has 0 aliphatic carbocycles. The van der Waals surface area contributed by atoms with Gasteiger partial charge in [-0.2, -0.15) is 0 Å². The summed E-state index contributed by atoms with van der Waals surface area (Å²) >= 11 is 3.44. The molecular weight excluding hydrogens is 392 g/mol. The normalized spacial score (nSPS) is 21.7. The second-order valence-electron chi connectivity index (χ2n) is 6.20. The van der Waals surface area contributed by atoms with Gasteiger partial charge in [0.1, 0.15) is 5.84 Å². The van der Waals surface area contributed by atoms with E-state index in [1.807, 2.05) is 23.1 Å². The molecule has 0 atom stereocenters. The van der Waals surface area contributed by atoms with E-state index in [9.17, 15) is 9.59 Å². The minimum absolute atomic E-state index is 0.320. The molecule has 134 valence electrons. The highest BCUT2D eigenvalue weighted by Crippen LogP contribution is 2.29. The van der Waals surface area contributed by atoms with Gasteiger partial charge in [-0.15, -0.1) is 0 Å². The highest BCUT2D eigenvalue weighted by atomic mass is 79.9. The highest BCUT2D eigenvalue weighted by Gasteiger charge is 2.47. The maximum Gasteiger partial charge on any atom is 0.331 e. The lowest BCUT2D eigenvalue weighted by Crippen LogP contribution is -2.54. The third-order valence-corrected chi connectivity index (χ3v) is 4.52. The molecule has 0 saturated carbocycles. The third kappa shape index (κ3) is 4.01. The van der Waals surface area contributed by atoms with E-state index < -0.39 is 23.6 Å². The van der Waals surface area contributed by atoms with Crippen LogP contribution in [0.3, 0.4) is 0 Å². The van der Waals surface area contributed by atoms with E-state index in [1.54, 1.807) is 6.07 Å². The van der Waals surface area contributed by atoms with Crippen LogP contribution >= 0.6 is 15.9 Å². The molecule has 2 aliphatic rings. The van der Waals surface area contributed by atoms with Crippen molar-refractivity contribution in [1.29, 1.82) is 0 Å². The van der Waals surface area contributed by atoms with Crippen molar-refractivity contribution in [3.05, 3.63) is 28.7 Å². The number of carbonyl (C=O) groups excluding carboxylic acids is 2. The molecule has 2 saturated heterocycles. The quantitative estimate of drug-likeness (QED) is 0.322. The number of cyclic esters (lactones) is 2. The molecule has 2 aliphatic heterocycles. The minimum Gasteiger partial charge on any atom is -0.422 e. The van der Waals surface area contributed by atoms with Crippen molar-refractivity contribution in [3.8, 4) is 0 Å². The standard InChI is InChI=1S/C17H19BrN2O5/c1-17(2)24-15(21)13(16(22)25-17)14(20-7-9-23-10-8-20)19-12-6-4-3-5-11(12)18/h3-6,13H,7-10H2,1-2H3. The Hall–Kier alpha value is -1.93. The van der Waals surface area contributed by atoms with Gasteiger partial charge in [0, 0.05) is 31.4 Å². The number of morpholine rings is 1. The number of amidine groups is 1. The summed E-state index contributed by atoms with van der Waals surface area (Å²) < 4.78 is 16.7. The smallest absolute Gasteiger partial charge is 0.331 e. The number of nitrogens with zero attached hydrogens (tertiary/aromatic N) is 2. The largest absolute Gasteiger partial charge is 0.422 e. The van der Waals surface area contributed by atoms with E-state index in [-0.39, 0.29) is 0 Å². The van der Waals surface area contributed by atoms with Crippen LogP contribution in [-0.4, -0.2) is 54.8 Å². The number of hydrogen-bond acceptors (Lipinski definition) is 6. The lowest BCUT2D eigenvalue weighted by atomic mass is 10.1. The van der Waals surface area contributed by atoms with Gasteiger partial charge >= 0.3 is 11.9 Å². The van der Waals surface area contributed by atoms with Crippen LogP contribution in [0.1, 0.15) is 13.8 Å². The van der Waals surface area contributed by atoms with Crippen molar-refractivity contribution in [2.45, 2.75) is 19.6 Å². The van der Waals surface area contributed by atoms with Gasteiger partial charge in [-0.1, -0.05) is 12.1 Å². The Morgan fingerprint density at radius 2 is 1.76 bits per heavy atom. The van der Waals surface area contributed by atoms with Crippen LogP contribution in [0.4, 0.5) is 5.69 Å². The Bertz CT molecular complexity index is 693. The highest BCUT2D eigenvalue weighted by molar-refractivity contribution is 9.10. The third-order valence-electron chi connectivity index (χ3n) is 3.84. The molecule has 1 aromatic rings. The number of hydrogen-bond donors (Lipinski definition) is 0. The first-order chi connectivity index (χ1) is 11.9. The summed E-state index contributed by atoms with van der Waals surface area (Å²) in [4.78, 5) is 31.5. The average molecular weight is 411 g/mol. The fourth-order valence-corrected chi connectivity index (χ4v) is 3.08. The Balaban J connectivity index is 2.01. The molecule has 0 unspecified atom stereocenters. The molecule has 2 heterocycles. The van der Waals surface area contributed by atoms with Gasteiger partial charge in [0.25, 0.3) is 5.79 Å². The molecule has 0 bridgehead atoms. The lowest BCUT2D eigenvalue weighted by Gasteiger charge is -2.37. The van der Waals surface area contributed by atoms with Crippen LogP contribution in [0.25, 0.3) is 0 Å². The number of aliphatic imine (C=N–C) groups is 1. The molecule has 1 aromatic carbocycles. The van der Waals surface area contributed by atoms with Crippen molar-refractivity contribution < 1.29 is 23.8 Å². The molecule has 25 heavy (non-hydrogen) atoms. The van der Waals surface area contributed by atoms with Gasteiger partial charge in [0.15, 0.2) is 0 Å². The first-order valence-corrected chi connectivity index (χ1v) is 8.78. The molecule has 0 radical (unpaired) electrons. The van der Waals surface area contributed by atoms with Crippen LogP contribution in [-0.2, 0) is 23.8 Å². The van der Waals surface area contributed by atoms with Crippen molar-refractivity contribution in [3.63, 3.8) is 0 Å². The van der Waals surface area contributed by atoms with Gasteiger partial charge in [-0.3, -0.25) is 9.59 Å². The van der Waals surface area contributed by atoms with Crippen LogP contribution in [0.15, 0.2) is 33.7 Å². The van der Waals surface area contributed by atoms with E-state index in [0.717, 1.165) is 4.47 Å². The number of carbonyl (C=O) groups is 2. The van der Waals surface area contributed by atoms with E-state index in [2.05, 4.69) is 20.9 Å². The second kappa shape index (κ2) is 7.13. The molecule has 0 aromatic heterocycles. The van der Waals surface area contributed by atoms with Crippen LogP contribution < -0.4 is 0 Å². The molecule has 3 rings (SSSR count). The maximum absolute atomic E-state index is 12.5. The summed E-state index contributed by atoms with van der Waals surface area (Å²) in [5.74, 6) is -3.47. The van der Waals surface area contributed by atoms with Gasteiger partial charge < -0.3 is 19.1 Å². The van der Waals surface area contributed by atoms with Gasteiger partial charge in [0.2, 0.25) is 5.92 Å². The maximum atomic E-state index is 12.5. The van der Waals surface area contributed by atoms with E-state index in [1.165, 1.54) is 13.8 Å². The molecule has 0 N–H and O–H groups in total. The number of benzene rings is 1. The second-order valence-corrected chi connectivity index (χ2v) is 7.05. The predicted molar refractivity (Wildman–Crippen MR) is 93.4 cm³/mol. The van der Waals surface area contributed by atoms with Crippen molar-refractivity contribution in [2.75, 3.05) is 26.3 Å². The molecule has 2 fully saturated rings. The number of halogens is 1. The van der Waals surface area contributed by atoms with Crippen LogP contribution in [0.5, 0.6) is 0 Å². The summed E-state index contributed by atoms with van der Waals surface area (Å²) in [5.41, 5.74) is 0.620. The summed E-state index contributed by atoms with van der Waals surface area (Å²) in [7, 11) is 0. The first-order valence-electron chi connectivity index (χ1n) is 7.99. The van der Waals surface area contributed by atoms with Gasteiger partial charge in [-0.05, 0) is 28.1 Å². The number of rotatable bonds is 2. The summed E-state index contributed by atoms with van der Waals surface area (Å²) in [6, 6.07) is 7.34. The predicted octanol–water partition coefficient (Wildman–Crippen LogP) is 2.26. The monoisotopic (exact) mass is 410 g/mol. The van der Waals surface area contributed by atoms with Crippen LogP contribution in [0.2, 0.25) is 0 Å². The Morgan fingerprint density at radius 3 is 2.36 bits per heavy atom. The summed E-state index contributed by atoms with van der Waals surface area (Å²) in [6.45, 7) is 5.11. The van der Waals surface area contributed by atoms with Gasteiger partial charge in [0.05, 0.1) is 18.9 Å². The minimum atomic E-state index is -1.27. The van der Waals surface area contributed by atoms with Crippen LogP contribution in [0, 0.1) is 5.92 Å². The Kier molecular flexibility index (Phi) is 5.10. The zero-order valence-corrected chi connectivity index (χ0v) is 15.6. The number of ether oxygens (including phenoxy) is 3. The van der Waals surface area contributed by atoms with E-state index >= 15 is 0 Å². The molecule has 0 spiro atoms. The lowest BCUT2D eigenvalue weighted by molar-refractivity contribution is -0.236. The fourth-order valence-electron chi connectivity index (χ4n) is 2.71. The molecule has 7 nitrogen and oxygen atoms in total. The number of para-hydroxylation sites is 1. The summed E-state index contributed by atoms with van der Waals surface area (Å²) in [6.07, 6.45) is 0. The topological polar surface area (TPSA) is 77.4 Å². The average Bonchev–Trinajstić information content (AvgIpc) is 2.55. The van der Waals surface area contributed by atoms with Crippen molar-refractivity contribution in [2.24, 2.45) is 10.9 Å². The number of esters is 2.